The van der Waals surface area contributed by atoms with Crippen LogP contribution in [0.3, 0.4) is 0 Å². The summed E-state index contributed by atoms with van der Waals surface area (Å²) in [5, 5.41) is 7.75. The highest BCUT2D eigenvalue weighted by atomic mass is 32.3. The topological polar surface area (TPSA) is 145 Å². The number of hydrogen-bond donors (Lipinski definition) is 4. The highest BCUT2D eigenvalue weighted by Gasteiger charge is 2.02. The van der Waals surface area contributed by atoms with Crippen LogP contribution in [0.25, 0.3) is 0 Å². The van der Waals surface area contributed by atoms with E-state index >= 15 is 0 Å². The van der Waals surface area contributed by atoms with E-state index in [0.29, 0.717) is 13.0 Å². The molecule has 24 heavy (non-hydrogen) atoms. The second kappa shape index (κ2) is 22.8. The summed E-state index contributed by atoms with van der Waals surface area (Å²) in [7, 11) is -4.24. The molecule has 0 spiro atoms. The van der Waals surface area contributed by atoms with Crippen LogP contribution >= 0.6 is 0 Å². The molecule has 0 atom stereocenters. The summed E-state index contributed by atoms with van der Waals surface area (Å²) < 4.78 is 33.1. The lowest BCUT2D eigenvalue weighted by atomic mass is 10.1. The molecule has 0 aromatic rings. The number of rotatable bonds is 15. The largest absolute Gasteiger partial charge is 0.397 e. The van der Waals surface area contributed by atoms with Gasteiger partial charge in [-0.3, -0.25) is 4.55 Å². The van der Waals surface area contributed by atoms with Crippen LogP contribution in [0, 0.1) is 0 Å². The molecule has 150 valence electrons. The third kappa shape index (κ3) is 33.4. The van der Waals surface area contributed by atoms with Gasteiger partial charge in [-0.1, -0.05) is 77.6 Å². The van der Waals surface area contributed by atoms with E-state index in [4.69, 9.17) is 15.4 Å². The second-order valence-corrected chi connectivity index (χ2v) is 6.74. The highest BCUT2D eigenvalue weighted by Crippen LogP contribution is 2.11. The Morgan fingerprint density at radius 3 is 1.46 bits per heavy atom. The van der Waals surface area contributed by atoms with Gasteiger partial charge in [-0.15, -0.1) is 0 Å². The van der Waals surface area contributed by atoms with Crippen molar-refractivity contribution in [2.75, 3.05) is 19.8 Å². The van der Waals surface area contributed by atoms with Gasteiger partial charge in [0.25, 0.3) is 0 Å². The maximum atomic E-state index is 10.3. The Labute approximate surface area is 148 Å². The molecule has 0 saturated carbocycles. The van der Waals surface area contributed by atoms with Gasteiger partial charge in [-0.2, -0.15) is 8.42 Å². The van der Waals surface area contributed by atoms with Crippen LogP contribution < -0.4 is 11.9 Å². The molecule has 0 aromatic heterocycles. The van der Waals surface area contributed by atoms with E-state index in [1.54, 1.807) is 0 Å². The molecular formula is C16H40N2O5S. The van der Waals surface area contributed by atoms with Crippen molar-refractivity contribution in [3.63, 3.8) is 0 Å². The molecule has 0 aliphatic heterocycles. The fourth-order valence-electron chi connectivity index (χ4n) is 2.11. The monoisotopic (exact) mass is 372 g/mol. The van der Waals surface area contributed by atoms with E-state index in [0.717, 1.165) is 12.8 Å². The molecule has 0 saturated heterocycles. The van der Waals surface area contributed by atoms with Crippen molar-refractivity contribution in [3.05, 3.63) is 0 Å². The van der Waals surface area contributed by atoms with Gasteiger partial charge in [-0.05, 0) is 6.42 Å². The maximum Gasteiger partial charge on any atom is 0.397 e. The van der Waals surface area contributed by atoms with Crippen LogP contribution in [0.1, 0.15) is 84.0 Å². The second-order valence-electron chi connectivity index (χ2n) is 5.65. The van der Waals surface area contributed by atoms with Crippen molar-refractivity contribution in [3.8, 4) is 0 Å². The van der Waals surface area contributed by atoms with E-state index in [1.165, 1.54) is 57.8 Å². The average molecular weight is 373 g/mol. The molecule has 7 nitrogen and oxygen atoms in total. The Morgan fingerprint density at radius 2 is 1.17 bits per heavy atom. The quantitative estimate of drug-likeness (QED) is 0.254. The number of aliphatic hydroxyl groups is 1. The van der Waals surface area contributed by atoms with Crippen LogP contribution in [0.4, 0.5) is 0 Å². The summed E-state index contributed by atoms with van der Waals surface area (Å²) in [6.07, 6.45) is 14.7. The molecule has 0 unspecified atom stereocenters. The number of nitrogens with two attached hydrogens (primary N) is 1. The van der Waals surface area contributed by atoms with Gasteiger partial charge in [0.1, 0.15) is 0 Å². The summed E-state index contributed by atoms with van der Waals surface area (Å²) in [6.45, 7) is 2.80. The number of unbranched alkanes of at least 4 members (excludes halogenated alkanes) is 11. The smallest absolute Gasteiger partial charge is 0.395 e. The highest BCUT2D eigenvalue weighted by molar-refractivity contribution is 7.80. The Hall–Kier alpha value is -0.250. The van der Waals surface area contributed by atoms with E-state index in [1.807, 2.05) is 0 Å². The summed E-state index contributed by atoms with van der Waals surface area (Å²) in [5.41, 5.74) is 4.78. The lowest BCUT2D eigenvalue weighted by Crippen LogP contribution is -2.04. The minimum absolute atomic E-state index is 0. The van der Waals surface area contributed by atoms with Crippen LogP contribution in [0.2, 0.25) is 0 Å². The van der Waals surface area contributed by atoms with Crippen molar-refractivity contribution in [2.45, 2.75) is 84.0 Å². The summed E-state index contributed by atoms with van der Waals surface area (Å²) in [4.78, 5) is 0. The molecule has 0 fully saturated rings. The fraction of sp³-hybridized carbons (Fsp3) is 1.00. The van der Waals surface area contributed by atoms with Crippen molar-refractivity contribution in [2.24, 2.45) is 5.73 Å². The first-order valence-corrected chi connectivity index (χ1v) is 10.3. The third-order valence-electron chi connectivity index (χ3n) is 3.36. The number of hydrogen-bond acceptors (Lipinski definition) is 6. The first-order valence-electron chi connectivity index (χ1n) is 8.90. The zero-order valence-corrected chi connectivity index (χ0v) is 16.2. The van der Waals surface area contributed by atoms with Crippen LogP contribution in [0.15, 0.2) is 0 Å². The molecule has 0 aliphatic carbocycles. The lowest BCUT2D eigenvalue weighted by Gasteiger charge is -2.02. The van der Waals surface area contributed by atoms with Gasteiger partial charge in [0.05, 0.1) is 13.2 Å². The standard InChI is InChI=1S/C14H30O4S.C2H7NO.H3N/c1-2-3-4-5-6-7-8-9-10-11-12-13-14-18-19(15,16)17;3-1-2-4;/h2-14H2,1H3,(H,15,16,17);4H,1-3H2;1H3. The molecule has 0 bridgehead atoms. The zero-order valence-electron chi connectivity index (χ0n) is 15.4. The summed E-state index contributed by atoms with van der Waals surface area (Å²) in [6, 6.07) is 0. The van der Waals surface area contributed by atoms with Gasteiger partial charge in [0.15, 0.2) is 0 Å². The molecular weight excluding hydrogens is 332 g/mol. The SMILES string of the molecule is CCCCCCCCCCCCCCOS(=O)(=O)O.N.NCCO. The fourth-order valence-corrected chi connectivity index (χ4v) is 2.44. The predicted molar refractivity (Wildman–Crippen MR) is 99.7 cm³/mol. The first-order chi connectivity index (χ1) is 11.0. The molecule has 7 N–H and O–H groups in total. The Bertz CT molecular complexity index is 312. The predicted octanol–water partition coefficient (Wildman–Crippen LogP) is 3.61. The van der Waals surface area contributed by atoms with Gasteiger partial charge in [0, 0.05) is 6.54 Å². The molecule has 8 heteroatoms. The van der Waals surface area contributed by atoms with E-state index in [-0.39, 0.29) is 19.4 Å². The maximum absolute atomic E-state index is 10.3. The Morgan fingerprint density at radius 1 is 0.833 bits per heavy atom. The molecule has 0 amide bonds. The molecule has 0 heterocycles. The van der Waals surface area contributed by atoms with Gasteiger partial charge >= 0.3 is 10.4 Å². The Balaban J connectivity index is -0.000000787. The minimum atomic E-state index is -4.24. The Kier molecular flexibility index (Phi) is 27.1. The zero-order chi connectivity index (χ0) is 17.8. The molecule has 0 aromatic carbocycles. The van der Waals surface area contributed by atoms with Crippen LogP contribution in [-0.4, -0.2) is 37.8 Å². The van der Waals surface area contributed by atoms with Crippen molar-refractivity contribution >= 4 is 10.4 Å². The van der Waals surface area contributed by atoms with E-state index in [2.05, 4.69) is 11.1 Å². The molecule has 0 aliphatic rings. The average Bonchev–Trinajstić information content (AvgIpc) is 2.51. The van der Waals surface area contributed by atoms with Gasteiger partial charge < -0.3 is 17.0 Å². The van der Waals surface area contributed by atoms with Gasteiger partial charge in [-0.25, -0.2) is 4.18 Å². The van der Waals surface area contributed by atoms with Gasteiger partial charge in [0.2, 0.25) is 0 Å². The van der Waals surface area contributed by atoms with E-state index < -0.39 is 10.4 Å². The minimum Gasteiger partial charge on any atom is -0.395 e. The summed E-state index contributed by atoms with van der Waals surface area (Å²) in [5.74, 6) is 0. The van der Waals surface area contributed by atoms with Crippen molar-refractivity contribution in [1.82, 2.24) is 6.15 Å². The molecule has 0 rings (SSSR count). The molecule has 0 radical (unpaired) electrons. The summed E-state index contributed by atoms with van der Waals surface area (Å²) >= 11 is 0. The van der Waals surface area contributed by atoms with Crippen LogP contribution in [0.5, 0.6) is 0 Å². The van der Waals surface area contributed by atoms with Crippen molar-refractivity contribution < 1.29 is 22.3 Å². The third-order valence-corrected chi connectivity index (χ3v) is 3.82. The van der Waals surface area contributed by atoms with E-state index in [9.17, 15) is 8.42 Å². The normalized spacial score (nSPS) is 10.7. The lowest BCUT2D eigenvalue weighted by molar-refractivity contribution is 0.261. The number of aliphatic hydroxyl groups excluding tert-OH is 1. The van der Waals surface area contributed by atoms with Crippen molar-refractivity contribution in [1.29, 1.82) is 0 Å². The first kappa shape index (κ1) is 28.5. The van der Waals surface area contributed by atoms with Crippen LogP contribution in [-0.2, 0) is 14.6 Å².